The topological polar surface area (TPSA) is 128 Å². The van der Waals surface area contributed by atoms with Gasteiger partial charge in [0.25, 0.3) is 11.8 Å². The molecular weight excluding hydrogens is 600 g/mol. The Hall–Kier alpha value is -4.51. The lowest BCUT2D eigenvalue weighted by Crippen LogP contribution is -2.55. The molecule has 9 nitrogen and oxygen atoms in total. The van der Waals surface area contributed by atoms with E-state index < -0.39 is 34.0 Å². The predicted molar refractivity (Wildman–Crippen MR) is 180 cm³/mol. The van der Waals surface area contributed by atoms with Gasteiger partial charge in [-0.1, -0.05) is 84.9 Å². The number of anilines is 1. The summed E-state index contributed by atoms with van der Waals surface area (Å²) < 4.78 is 26.0. The van der Waals surface area contributed by atoms with Crippen LogP contribution in [0.4, 0.5) is 5.69 Å². The summed E-state index contributed by atoms with van der Waals surface area (Å²) in [6.07, 6.45) is 1.06. The van der Waals surface area contributed by atoms with E-state index in [1.807, 2.05) is 79.7 Å². The minimum atomic E-state index is -3.70. The average Bonchev–Trinajstić information content (AvgIpc) is 3.07. The van der Waals surface area contributed by atoms with Crippen molar-refractivity contribution in [2.75, 3.05) is 17.6 Å². The predicted octanol–water partition coefficient (Wildman–Crippen LogP) is 3.99. The number of benzene rings is 4. The van der Waals surface area contributed by atoms with Gasteiger partial charge in [-0.2, -0.15) is 0 Å². The highest BCUT2D eigenvalue weighted by Crippen LogP contribution is 2.24. The van der Waals surface area contributed by atoms with Crippen molar-refractivity contribution in [1.29, 1.82) is 0 Å². The molecule has 0 saturated carbocycles. The van der Waals surface area contributed by atoms with Crippen LogP contribution in [0.15, 0.2) is 103 Å². The van der Waals surface area contributed by atoms with Crippen LogP contribution >= 0.6 is 0 Å². The second-order valence-electron chi connectivity index (χ2n) is 11.8. The summed E-state index contributed by atoms with van der Waals surface area (Å²) in [5.74, 6) is -0.995. The molecule has 0 radical (unpaired) electrons. The molecule has 5 rings (SSSR count). The zero-order valence-corrected chi connectivity index (χ0v) is 27.0. The normalized spacial score (nSPS) is 16.4. The Morgan fingerprint density at radius 3 is 2.07 bits per heavy atom. The standard InChI is InChI=1S/C36H40N4O5S/c1-24(26-14-8-5-9-15-26)38-35(42)29-19-30(21-31(20-29)40(2)46(3,44)45)36(43)39-33(18-25-12-6-4-7-13-25)34(41)32-22-27-16-10-11-17-28(27)23-37-32/h4-17,19-21,24,32-34,37,41H,18,22-23H2,1-3H3,(H,38,42)(H,39,43)/t24-,32?,33+,34-/m1/s1. The molecule has 0 spiro atoms. The Bertz CT molecular complexity index is 1780. The summed E-state index contributed by atoms with van der Waals surface area (Å²) in [4.78, 5) is 27.4. The van der Waals surface area contributed by atoms with Crippen molar-refractivity contribution < 1.29 is 23.1 Å². The highest BCUT2D eigenvalue weighted by atomic mass is 32.2. The first kappa shape index (κ1) is 32.9. The van der Waals surface area contributed by atoms with E-state index in [4.69, 9.17) is 0 Å². The lowest BCUT2D eigenvalue weighted by atomic mass is 9.88. The molecule has 1 unspecified atom stereocenters. The second kappa shape index (κ2) is 14.3. The van der Waals surface area contributed by atoms with E-state index in [0.717, 1.165) is 27.3 Å². The number of amides is 2. The number of fused-ring (bicyclic) bond motifs is 1. The lowest BCUT2D eigenvalue weighted by molar-refractivity contribution is 0.0688. The number of carbonyl (C=O) groups excluding carboxylic acids is 2. The van der Waals surface area contributed by atoms with E-state index in [1.165, 1.54) is 30.8 Å². The fourth-order valence-corrected chi connectivity index (χ4v) is 6.22. The second-order valence-corrected chi connectivity index (χ2v) is 13.8. The van der Waals surface area contributed by atoms with Gasteiger partial charge >= 0.3 is 0 Å². The van der Waals surface area contributed by atoms with Gasteiger partial charge in [-0.05, 0) is 60.2 Å². The largest absolute Gasteiger partial charge is 0.389 e. The number of nitrogens with zero attached hydrogens (tertiary/aromatic N) is 1. The molecule has 1 aliphatic heterocycles. The van der Waals surface area contributed by atoms with Crippen molar-refractivity contribution in [3.05, 3.63) is 137 Å². The molecule has 46 heavy (non-hydrogen) atoms. The van der Waals surface area contributed by atoms with Crippen molar-refractivity contribution in [1.82, 2.24) is 16.0 Å². The minimum absolute atomic E-state index is 0.0951. The monoisotopic (exact) mass is 640 g/mol. The van der Waals surface area contributed by atoms with Gasteiger partial charge in [-0.25, -0.2) is 8.42 Å². The van der Waals surface area contributed by atoms with Gasteiger partial charge in [0.15, 0.2) is 0 Å². The fourth-order valence-electron chi connectivity index (χ4n) is 5.73. The van der Waals surface area contributed by atoms with Crippen molar-refractivity contribution >= 4 is 27.5 Å². The van der Waals surface area contributed by atoms with Crippen LogP contribution in [0.5, 0.6) is 0 Å². The number of hydrogen-bond donors (Lipinski definition) is 4. The van der Waals surface area contributed by atoms with Crippen LogP contribution in [0.2, 0.25) is 0 Å². The Morgan fingerprint density at radius 1 is 0.870 bits per heavy atom. The molecule has 0 aliphatic carbocycles. The van der Waals surface area contributed by atoms with Gasteiger partial charge in [0.05, 0.1) is 30.1 Å². The molecule has 0 bridgehead atoms. The number of carbonyl (C=O) groups is 2. The van der Waals surface area contributed by atoms with Crippen molar-refractivity contribution in [3.63, 3.8) is 0 Å². The Balaban J connectivity index is 1.44. The lowest BCUT2D eigenvalue weighted by Gasteiger charge is -2.34. The maximum atomic E-state index is 13.9. The summed E-state index contributed by atoms with van der Waals surface area (Å²) in [6, 6.07) is 30.1. The van der Waals surface area contributed by atoms with Gasteiger partial charge in [0.2, 0.25) is 10.0 Å². The summed E-state index contributed by atoms with van der Waals surface area (Å²) in [6.45, 7) is 2.45. The van der Waals surface area contributed by atoms with E-state index >= 15 is 0 Å². The molecular formula is C36H40N4O5S. The average molecular weight is 641 g/mol. The number of hydrogen-bond acceptors (Lipinski definition) is 6. The Labute approximate surface area is 270 Å². The van der Waals surface area contributed by atoms with E-state index in [-0.39, 0.29) is 28.9 Å². The SMILES string of the molecule is C[C@@H](NC(=O)c1cc(C(=O)N[C@@H](Cc2ccccc2)[C@H](O)C2Cc3ccccc3CN2)cc(N(C)S(C)(=O)=O)c1)c1ccccc1. The van der Waals surface area contributed by atoms with Gasteiger partial charge in [-0.3, -0.25) is 13.9 Å². The molecule has 1 heterocycles. The Kier molecular flexibility index (Phi) is 10.2. The van der Waals surface area contributed by atoms with Crippen LogP contribution in [0.1, 0.15) is 55.9 Å². The first-order chi connectivity index (χ1) is 22.0. The number of aliphatic hydroxyl groups is 1. The zero-order chi connectivity index (χ0) is 32.8. The third-order valence-electron chi connectivity index (χ3n) is 8.50. The van der Waals surface area contributed by atoms with Crippen LogP contribution in [-0.4, -0.2) is 56.8 Å². The quantitative estimate of drug-likeness (QED) is 0.196. The number of sulfonamides is 1. The first-order valence-electron chi connectivity index (χ1n) is 15.3. The van der Waals surface area contributed by atoms with E-state index in [1.54, 1.807) is 0 Å². The summed E-state index contributed by atoms with van der Waals surface area (Å²) in [5.41, 5.74) is 4.54. The van der Waals surface area contributed by atoms with Crippen molar-refractivity contribution in [2.45, 2.75) is 50.5 Å². The van der Waals surface area contributed by atoms with Crippen molar-refractivity contribution in [2.24, 2.45) is 0 Å². The molecule has 1 aliphatic rings. The number of aliphatic hydroxyl groups excluding tert-OH is 1. The highest BCUT2D eigenvalue weighted by Gasteiger charge is 2.32. The minimum Gasteiger partial charge on any atom is -0.389 e. The smallest absolute Gasteiger partial charge is 0.251 e. The highest BCUT2D eigenvalue weighted by molar-refractivity contribution is 7.92. The van der Waals surface area contributed by atoms with E-state index in [9.17, 15) is 23.1 Å². The number of nitrogens with one attached hydrogen (secondary N) is 3. The summed E-state index contributed by atoms with van der Waals surface area (Å²) in [7, 11) is -2.33. The molecule has 2 amide bonds. The van der Waals surface area contributed by atoms with E-state index in [0.29, 0.717) is 19.4 Å². The van der Waals surface area contributed by atoms with Crippen LogP contribution in [0, 0.1) is 0 Å². The third kappa shape index (κ3) is 8.00. The molecule has 4 atom stereocenters. The molecule has 0 aromatic heterocycles. The van der Waals surface area contributed by atoms with Crippen LogP contribution in [0.3, 0.4) is 0 Å². The van der Waals surface area contributed by atoms with Crippen LogP contribution < -0.4 is 20.3 Å². The molecule has 0 fully saturated rings. The molecule has 10 heteroatoms. The van der Waals surface area contributed by atoms with Crippen LogP contribution in [0.25, 0.3) is 0 Å². The summed E-state index contributed by atoms with van der Waals surface area (Å²) >= 11 is 0. The molecule has 0 saturated heterocycles. The zero-order valence-electron chi connectivity index (χ0n) is 26.2. The number of rotatable bonds is 11. The van der Waals surface area contributed by atoms with Gasteiger partial charge in [0.1, 0.15) is 0 Å². The van der Waals surface area contributed by atoms with E-state index in [2.05, 4.69) is 28.1 Å². The maximum Gasteiger partial charge on any atom is 0.251 e. The maximum absolute atomic E-state index is 13.9. The third-order valence-corrected chi connectivity index (χ3v) is 9.71. The summed E-state index contributed by atoms with van der Waals surface area (Å²) in [5, 5.41) is 21.1. The fraction of sp³-hybridized carbons (Fsp3) is 0.278. The molecule has 240 valence electrons. The van der Waals surface area contributed by atoms with Crippen LogP contribution in [-0.2, 0) is 29.4 Å². The van der Waals surface area contributed by atoms with Gasteiger partial charge < -0.3 is 21.1 Å². The van der Waals surface area contributed by atoms with Gasteiger partial charge in [-0.15, -0.1) is 0 Å². The van der Waals surface area contributed by atoms with Crippen molar-refractivity contribution in [3.8, 4) is 0 Å². The van der Waals surface area contributed by atoms with Gasteiger partial charge in [0, 0.05) is 30.8 Å². The first-order valence-corrected chi connectivity index (χ1v) is 17.1. The molecule has 4 N–H and O–H groups in total. The molecule has 4 aromatic carbocycles. The molecule has 4 aromatic rings. The Morgan fingerprint density at radius 2 is 1.43 bits per heavy atom.